The molecule has 2 aliphatic rings. The van der Waals surface area contributed by atoms with Gasteiger partial charge in [-0.15, -0.1) is 0 Å². The van der Waals surface area contributed by atoms with E-state index in [1.54, 1.807) is 36.4 Å². The van der Waals surface area contributed by atoms with Crippen LogP contribution in [0.25, 0.3) is 0 Å². The smallest absolute Gasteiger partial charge is 0.166 e. The average molecular weight is 348 g/mol. The molecule has 1 unspecified atom stereocenters. The average Bonchev–Trinajstić information content (AvgIpc) is 2.89. The second kappa shape index (κ2) is 6.61. The van der Waals surface area contributed by atoms with Crippen molar-refractivity contribution in [3.8, 4) is 17.2 Å². The quantitative estimate of drug-likeness (QED) is 0.850. The Hall–Kier alpha value is -1.78. The van der Waals surface area contributed by atoms with Crippen LogP contribution in [0.4, 0.5) is 4.39 Å². The van der Waals surface area contributed by atoms with Crippen LogP contribution >= 0.6 is 11.6 Å². The summed E-state index contributed by atoms with van der Waals surface area (Å²) in [6.45, 7) is 0. The molecule has 0 amide bonds. The largest absolute Gasteiger partial charge is 0.490 e. The third-order valence-corrected chi connectivity index (χ3v) is 4.89. The monoisotopic (exact) mass is 347 g/mol. The lowest BCUT2D eigenvalue weighted by Crippen LogP contribution is -2.42. The minimum Gasteiger partial charge on any atom is -0.490 e. The molecule has 0 aliphatic carbocycles. The van der Waals surface area contributed by atoms with E-state index in [2.05, 4.69) is 5.32 Å². The lowest BCUT2D eigenvalue weighted by atomic mass is 10.0. The maximum Gasteiger partial charge on any atom is 0.166 e. The fourth-order valence-corrected chi connectivity index (χ4v) is 3.77. The van der Waals surface area contributed by atoms with E-state index < -0.39 is 5.82 Å². The first-order valence-corrected chi connectivity index (χ1v) is 8.69. The van der Waals surface area contributed by atoms with Gasteiger partial charge >= 0.3 is 0 Å². The zero-order chi connectivity index (χ0) is 16.5. The summed E-state index contributed by atoms with van der Waals surface area (Å²) in [6.07, 6.45) is 4.61. The Morgan fingerprint density at radius 1 is 1.00 bits per heavy atom. The van der Waals surface area contributed by atoms with E-state index in [1.165, 1.54) is 18.9 Å². The fraction of sp³-hybridized carbons (Fsp3) is 0.368. The Balaban J connectivity index is 1.49. The van der Waals surface area contributed by atoms with Crippen molar-refractivity contribution in [2.45, 2.75) is 43.9 Å². The summed E-state index contributed by atoms with van der Waals surface area (Å²) in [5, 5.41) is 4.13. The molecule has 0 radical (unpaired) electrons. The van der Waals surface area contributed by atoms with Crippen LogP contribution in [0.15, 0.2) is 42.5 Å². The summed E-state index contributed by atoms with van der Waals surface area (Å²) in [5.41, 5.74) is 0. The van der Waals surface area contributed by atoms with Crippen LogP contribution in [0, 0.1) is 5.82 Å². The molecule has 5 heteroatoms. The highest BCUT2D eigenvalue weighted by molar-refractivity contribution is 6.30. The van der Waals surface area contributed by atoms with Gasteiger partial charge in [0.15, 0.2) is 11.6 Å². The molecule has 1 N–H and O–H groups in total. The number of hydrogen-bond donors (Lipinski definition) is 1. The van der Waals surface area contributed by atoms with Gasteiger partial charge in [0.2, 0.25) is 0 Å². The molecule has 0 aromatic heterocycles. The summed E-state index contributed by atoms with van der Waals surface area (Å²) < 4.78 is 25.7. The number of halogens is 2. The number of fused-ring (bicyclic) bond motifs is 2. The molecule has 2 aromatic carbocycles. The van der Waals surface area contributed by atoms with Gasteiger partial charge in [-0.2, -0.15) is 0 Å². The topological polar surface area (TPSA) is 30.5 Å². The van der Waals surface area contributed by atoms with Gasteiger partial charge < -0.3 is 14.8 Å². The summed E-state index contributed by atoms with van der Waals surface area (Å²) >= 11 is 5.94. The number of piperidine rings is 1. The van der Waals surface area contributed by atoms with Gasteiger partial charge in [-0.05, 0) is 56.0 Å². The first-order chi connectivity index (χ1) is 11.7. The van der Waals surface area contributed by atoms with Crippen LogP contribution < -0.4 is 14.8 Å². The molecule has 24 heavy (non-hydrogen) atoms. The number of rotatable bonds is 4. The van der Waals surface area contributed by atoms with Crippen LogP contribution in [0.5, 0.6) is 17.2 Å². The van der Waals surface area contributed by atoms with Crippen molar-refractivity contribution in [3.63, 3.8) is 0 Å². The van der Waals surface area contributed by atoms with Crippen LogP contribution in [0.2, 0.25) is 5.02 Å². The predicted octanol–water partition coefficient (Wildman–Crippen LogP) is 4.93. The summed E-state index contributed by atoms with van der Waals surface area (Å²) in [6, 6.07) is 12.7. The Labute approximate surface area is 145 Å². The molecule has 2 aliphatic heterocycles. The van der Waals surface area contributed by atoms with Crippen molar-refractivity contribution in [2.24, 2.45) is 0 Å². The molecule has 3 atom stereocenters. The molecule has 126 valence electrons. The Morgan fingerprint density at radius 2 is 1.79 bits per heavy atom. The van der Waals surface area contributed by atoms with Crippen LogP contribution in [0.1, 0.15) is 25.7 Å². The summed E-state index contributed by atoms with van der Waals surface area (Å²) in [7, 11) is 0. The molecule has 0 saturated carbocycles. The highest BCUT2D eigenvalue weighted by Crippen LogP contribution is 2.33. The molecular formula is C19H19ClFNO2. The molecule has 2 saturated heterocycles. The van der Waals surface area contributed by atoms with Gasteiger partial charge in [0.05, 0.1) is 0 Å². The molecule has 2 heterocycles. The standard InChI is InChI=1S/C19H19ClFNO2/c20-12-2-1-3-15(8-12)24-19-11-16(6-7-18(19)21)23-17-9-13-4-5-14(10-17)22-13/h1-3,6-8,11,13-14,17,22H,4-5,9-10H2/t13-,14+,17?. The number of benzene rings is 2. The van der Waals surface area contributed by atoms with Crippen molar-refractivity contribution in [3.05, 3.63) is 53.3 Å². The molecule has 2 aromatic rings. The van der Waals surface area contributed by atoms with Crippen LogP contribution in [-0.2, 0) is 0 Å². The number of nitrogens with one attached hydrogen (secondary N) is 1. The zero-order valence-electron chi connectivity index (χ0n) is 13.2. The molecule has 4 rings (SSSR count). The van der Waals surface area contributed by atoms with Crippen LogP contribution in [-0.4, -0.2) is 18.2 Å². The third-order valence-electron chi connectivity index (χ3n) is 4.66. The maximum atomic E-state index is 14.0. The second-order valence-electron chi connectivity index (χ2n) is 6.50. The van der Waals surface area contributed by atoms with Crippen LogP contribution in [0.3, 0.4) is 0 Å². The first kappa shape index (κ1) is 15.7. The Kier molecular flexibility index (Phi) is 4.33. The zero-order valence-corrected chi connectivity index (χ0v) is 13.9. The summed E-state index contributed by atoms with van der Waals surface area (Å²) in [4.78, 5) is 0. The lowest BCUT2D eigenvalue weighted by molar-refractivity contribution is 0.137. The molecule has 2 fully saturated rings. The van der Waals surface area contributed by atoms with E-state index in [1.807, 2.05) is 0 Å². The van der Waals surface area contributed by atoms with Crippen molar-refractivity contribution < 1.29 is 13.9 Å². The molecular weight excluding hydrogens is 329 g/mol. The first-order valence-electron chi connectivity index (χ1n) is 8.31. The van der Waals surface area contributed by atoms with E-state index >= 15 is 0 Å². The van der Waals surface area contributed by atoms with Gasteiger partial charge in [0.25, 0.3) is 0 Å². The molecule has 0 spiro atoms. The highest BCUT2D eigenvalue weighted by atomic mass is 35.5. The highest BCUT2D eigenvalue weighted by Gasteiger charge is 2.34. The predicted molar refractivity (Wildman–Crippen MR) is 91.5 cm³/mol. The van der Waals surface area contributed by atoms with Crippen molar-refractivity contribution in [1.29, 1.82) is 0 Å². The van der Waals surface area contributed by atoms with Crippen molar-refractivity contribution >= 4 is 11.6 Å². The number of hydrogen-bond acceptors (Lipinski definition) is 3. The van der Waals surface area contributed by atoms with Gasteiger partial charge in [0, 0.05) is 23.2 Å². The van der Waals surface area contributed by atoms with Gasteiger partial charge in [-0.1, -0.05) is 17.7 Å². The Morgan fingerprint density at radius 3 is 2.54 bits per heavy atom. The van der Waals surface area contributed by atoms with E-state index in [0.717, 1.165) is 12.8 Å². The van der Waals surface area contributed by atoms with E-state index in [4.69, 9.17) is 21.1 Å². The number of ether oxygens (including phenoxy) is 2. The van der Waals surface area contributed by atoms with E-state index in [-0.39, 0.29) is 11.9 Å². The minimum absolute atomic E-state index is 0.145. The van der Waals surface area contributed by atoms with E-state index in [0.29, 0.717) is 28.6 Å². The SMILES string of the molecule is Fc1ccc(OC2C[C@H]3CC[C@@H](C2)N3)cc1Oc1cccc(Cl)c1. The second-order valence-corrected chi connectivity index (χ2v) is 6.94. The van der Waals surface area contributed by atoms with Crippen molar-refractivity contribution in [2.75, 3.05) is 0 Å². The molecule has 3 nitrogen and oxygen atoms in total. The van der Waals surface area contributed by atoms with Gasteiger partial charge in [0.1, 0.15) is 17.6 Å². The van der Waals surface area contributed by atoms with Gasteiger partial charge in [-0.3, -0.25) is 0 Å². The maximum absolute atomic E-state index is 14.0. The summed E-state index contributed by atoms with van der Waals surface area (Å²) in [5.74, 6) is 0.859. The van der Waals surface area contributed by atoms with Crippen molar-refractivity contribution in [1.82, 2.24) is 5.32 Å². The molecule has 2 bridgehead atoms. The van der Waals surface area contributed by atoms with E-state index in [9.17, 15) is 4.39 Å². The third kappa shape index (κ3) is 3.50. The van der Waals surface area contributed by atoms with Gasteiger partial charge in [-0.25, -0.2) is 4.39 Å². The Bertz CT molecular complexity index is 727. The minimum atomic E-state index is -0.423. The lowest BCUT2D eigenvalue weighted by Gasteiger charge is -2.29. The fourth-order valence-electron chi connectivity index (χ4n) is 3.59. The normalized spacial score (nSPS) is 25.5.